The van der Waals surface area contributed by atoms with Gasteiger partial charge >= 0.3 is 0 Å². The number of carbonyl (C=O) groups excluding carboxylic acids is 1. The van der Waals surface area contributed by atoms with Gasteiger partial charge in [0.25, 0.3) is 0 Å². The second-order valence-electron chi connectivity index (χ2n) is 5.22. The Morgan fingerprint density at radius 3 is 2.88 bits per heavy atom. The van der Waals surface area contributed by atoms with E-state index in [-0.39, 0.29) is 5.91 Å². The zero-order chi connectivity index (χ0) is 17.5. The topological polar surface area (TPSA) is 64.4 Å². The monoisotopic (exact) mass is 374 g/mol. The molecule has 0 spiro atoms. The van der Waals surface area contributed by atoms with Gasteiger partial charge in [-0.2, -0.15) is 0 Å². The Hall–Kier alpha value is -2.25. The van der Waals surface area contributed by atoms with E-state index < -0.39 is 0 Å². The van der Waals surface area contributed by atoms with Gasteiger partial charge in [0.15, 0.2) is 0 Å². The lowest BCUT2D eigenvalue weighted by Gasteiger charge is -2.02. The molecule has 0 saturated heterocycles. The third-order valence-electron chi connectivity index (χ3n) is 3.41. The van der Waals surface area contributed by atoms with Crippen LogP contribution in [0.25, 0.3) is 10.6 Å². The van der Waals surface area contributed by atoms with Gasteiger partial charge in [0, 0.05) is 16.7 Å². The van der Waals surface area contributed by atoms with Crippen LogP contribution >= 0.6 is 23.1 Å². The van der Waals surface area contributed by atoms with E-state index in [0.717, 1.165) is 27.8 Å². The number of thioether (sulfide) groups is 1. The molecule has 5 nitrogen and oxygen atoms in total. The highest BCUT2D eigenvalue weighted by Gasteiger charge is 2.07. The van der Waals surface area contributed by atoms with Gasteiger partial charge in [0.1, 0.15) is 16.5 Å². The van der Waals surface area contributed by atoms with Crippen LogP contribution in [-0.4, -0.2) is 23.8 Å². The number of thiazole rings is 1. The molecule has 0 atom stereocenters. The van der Waals surface area contributed by atoms with Crippen molar-refractivity contribution in [1.82, 2.24) is 10.3 Å². The summed E-state index contributed by atoms with van der Waals surface area (Å²) >= 11 is 3.15. The van der Waals surface area contributed by atoms with E-state index in [4.69, 9.17) is 9.15 Å². The highest BCUT2D eigenvalue weighted by atomic mass is 32.2. The van der Waals surface area contributed by atoms with Gasteiger partial charge < -0.3 is 14.5 Å². The number of hydrogen-bond acceptors (Lipinski definition) is 6. The molecule has 0 bridgehead atoms. The number of hydrogen-bond donors (Lipinski definition) is 1. The first-order valence-electron chi connectivity index (χ1n) is 7.70. The predicted octanol–water partition coefficient (Wildman–Crippen LogP) is 3.96. The summed E-state index contributed by atoms with van der Waals surface area (Å²) in [4.78, 5) is 16.4. The first-order valence-corrected chi connectivity index (χ1v) is 9.73. The van der Waals surface area contributed by atoms with Crippen LogP contribution in [0.15, 0.2) is 52.5 Å². The Bertz CT molecular complexity index is 798. The molecule has 0 aliphatic rings. The maximum absolute atomic E-state index is 11.8. The molecule has 25 heavy (non-hydrogen) atoms. The summed E-state index contributed by atoms with van der Waals surface area (Å²) in [7, 11) is 1.65. The Labute approximate surface area is 154 Å². The number of furan rings is 1. The molecule has 1 aromatic carbocycles. The molecule has 0 unspecified atom stereocenters. The average Bonchev–Trinajstić information content (AvgIpc) is 3.32. The zero-order valence-electron chi connectivity index (χ0n) is 13.7. The first-order chi connectivity index (χ1) is 12.2. The summed E-state index contributed by atoms with van der Waals surface area (Å²) in [6.07, 6.45) is 1.60. The Kier molecular flexibility index (Phi) is 6.14. The summed E-state index contributed by atoms with van der Waals surface area (Å²) in [5.74, 6) is 2.68. The van der Waals surface area contributed by atoms with Crippen LogP contribution in [-0.2, 0) is 17.1 Å². The molecule has 3 aromatic rings. The van der Waals surface area contributed by atoms with E-state index in [2.05, 4.69) is 10.3 Å². The van der Waals surface area contributed by atoms with Crippen molar-refractivity contribution >= 4 is 29.0 Å². The number of ether oxygens (including phenoxy) is 1. The molecule has 130 valence electrons. The van der Waals surface area contributed by atoms with E-state index in [1.54, 1.807) is 42.5 Å². The molecule has 0 aliphatic carbocycles. The average molecular weight is 374 g/mol. The molecular formula is C18H18N2O3S2. The molecule has 1 N–H and O–H groups in total. The van der Waals surface area contributed by atoms with Crippen molar-refractivity contribution in [2.45, 2.75) is 12.3 Å². The minimum absolute atomic E-state index is 0.00740. The number of nitrogens with one attached hydrogen (secondary N) is 1. The standard InChI is InChI=1S/C18H18N2O3S2/c1-22-15-6-4-13(5-7-15)18-20-14(11-25-18)10-24-12-17(21)19-9-16-3-2-8-23-16/h2-8,11H,9-10,12H2,1H3,(H,19,21). The van der Waals surface area contributed by atoms with Crippen LogP contribution in [0.2, 0.25) is 0 Å². The highest BCUT2D eigenvalue weighted by Crippen LogP contribution is 2.27. The second-order valence-corrected chi connectivity index (χ2v) is 7.07. The van der Waals surface area contributed by atoms with Crippen molar-refractivity contribution < 1.29 is 13.9 Å². The van der Waals surface area contributed by atoms with Crippen molar-refractivity contribution in [2.24, 2.45) is 0 Å². The molecule has 2 aromatic heterocycles. The van der Waals surface area contributed by atoms with Gasteiger partial charge in [-0.25, -0.2) is 4.98 Å². The van der Waals surface area contributed by atoms with Crippen molar-refractivity contribution in [2.75, 3.05) is 12.9 Å². The lowest BCUT2D eigenvalue weighted by Crippen LogP contribution is -2.24. The van der Waals surface area contributed by atoms with Gasteiger partial charge in [-0.15, -0.1) is 23.1 Å². The van der Waals surface area contributed by atoms with Crippen LogP contribution in [0.5, 0.6) is 5.75 Å². The van der Waals surface area contributed by atoms with Crippen LogP contribution < -0.4 is 10.1 Å². The zero-order valence-corrected chi connectivity index (χ0v) is 15.4. The summed E-state index contributed by atoms with van der Waals surface area (Å²) in [6.45, 7) is 0.421. The fraction of sp³-hybridized carbons (Fsp3) is 0.222. The first kappa shape index (κ1) is 17.6. The second kappa shape index (κ2) is 8.73. The van der Waals surface area contributed by atoms with Crippen LogP contribution in [0.3, 0.4) is 0 Å². The van der Waals surface area contributed by atoms with Gasteiger partial charge in [0.2, 0.25) is 5.91 Å². The fourth-order valence-electron chi connectivity index (χ4n) is 2.14. The van der Waals surface area contributed by atoms with Crippen LogP contribution in [0.4, 0.5) is 0 Å². The number of aromatic nitrogens is 1. The van der Waals surface area contributed by atoms with Gasteiger partial charge in [-0.3, -0.25) is 4.79 Å². The molecular weight excluding hydrogens is 356 g/mol. The third kappa shape index (κ3) is 5.11. The van der Waals surface area contributed by atoms with E-state index in [9.17, 15) is 4.79 Å². The molecule has 1 amide bonds. The van der Waals surface area contributed by atoms with Crippen LogP contribution in [0.1, 0.15) is 11.5 Å². The minimum atomic E-state index is -0.00740. The van der Waals surface area contributed by atoms with Gasteiger partial charge in [-0.1, -0.05) is 0 Å². The number of carbonyl (C=O) groups is 1. The van der Waals surface area contributed by atoms with Crippen LogP contribution in [0, 0.1) is 0 Å². The number of amides is 1. The quantitative estimate of drug-likeness (QED) is 0.646. The number of methoxy groups -OCH3 is 1. The van der Waals surface area contributed by atoms with Crippen molar-refractivity contribution in [1.29, 1.82) is 0 Å². The number of benzene rings is 1. The predicted molar refractivity (Wildman–Crippen MR) is 101 cm³/mol. The lowest BCUT2D eigenvalue weighted by atomic mass is 10.2. The summed E-state index contributed by atoms with van der Waals surface area (Å²) in [6, 6.07) is 11.5. The number of nitrogens with zero attached hydrogens (tertiary/aromatic N) is 1. The summed E-state index contributed by atoms with van der Waals surface area (Å²) in [5.41, 5.74) is 2.05. The normalized spacial score (nSPS) is 10.6. The molecule has 0 aliphatic heterocycles. The Balaban J connectivity index is 1.44. The fourth-order valence-corrected chi connectivity index (χ4v) is 3.82. The van der Waals surface area contributed by atoms with Crippen molar-refractivity contribution in [3.63, 3.8) is 0 Å². The maximum atomic E-state index is 11.8. The maximum Gasteiger partial charge on any atom is 0.230 e. The van der Waals surface area contributed by atoms with Crippen molar-refractivity contribution in [3.05, 3.63) is 59.5 Å². The van der Waals surface area contributed by atoms with Gasteiger partial charge in [-0.05, 0) is 36.4 Å². The van der Waals surface area contributed by atoms with Crippen molar-refractivity contribution in [3.8, 4) is 16.3 Å². The lowest BCUT2D eigenvalue weighted by molar-refractivity contribution is -0.118. The smallest absolute Gasteiger partial charge is 0.230 e. The van der Waals surface area contributed by atoms with E-state index >= 15 is 0 Å². The third-order valence-corrected chi connectivity index (χ3v) is 5.32. The highest BCUT2D eigenvalue weighted by molar-refractivity contribution is 7.99. The molecule has 0 radical (unpaired) electrons. The Morgan fingerprint density at radius 1 is 1.32 bits per heavy atom. The SMILES string of the molecule is COc1ccc(-c2nc(CSCC(=O)NCc3ccco3)cs2)cc1. The summed E-state index contributed by atoms with van der Waals surface area (Å²) < 4.78 is 10.3. The minimum Gasteiger partial charge on any atom is -0.497 e. The van der Waals surface area contributed by atoms with E-state index in [0.29, 0.717) is 18.1 Å². The Morgan fingerprint density at radius 2 is 2.16 bits per heavy atom. The van der Waals surface area contributed by atoms with Gasteiger partial charge in [0.05, 0.1) is 31.4 Å². The summed E-state index contributed by atoms with van der Waals surface area (Å²) in [5, 5.41) is 5.84. The molecule has 2 heterocycles. The number of rotatable bonds is 8. The molecule has 0 fully saturated rings. The van der Waals surface area contributed by atoms with E-state index in [1.165, 1.54) is 0 Å². The molecule has 3 rings (SSSR count). The molecule has 0 saturated carbocycles. The largest absolute Gasteiger partial charge is 0.497 e. The molecule has 7 heteroatoms. The van der Waals surface area contributed by atoms with E-state index in [1.807, 2.05) is 35.7 Å².